The van der Waals surface area contributed by atoms with E-state index >= 15 is 0 Å². The molecule has 0 N–H and O–H groups in total. The fourth-order valence-corrected chi connectivity index (χ4v) is 2.21. The van der Waals surface area contributed by atoms with Gasteiger partial charge in [0.15, 0.2) is 11.9 Å². The molecule has 0 heterocycles. The van der Waals surface area contributed by atoms with Gasteiger partial charge in [-0.25, -0.2) is 9.59 Å². The van der Waals surface area contributed by atoms with Crippen molar-refractivity contribution >= 4 is 46.7 Å². The molecular formula is C14H13Cl3O4. The van der Waals surface area contributed by atoms with Crippen molar-refractivity contribution in [3.8, 4) is 5.75 Å². The lowest BCUT2D eigenvalue weighted by Crippen LogP contribution is -2.30. The summed E-state index contributed by atoms with van der Waals surface area (Å²) in [5.41, 5.74) is 0.184. The van der Waals surface area contributed by atoms with Gasteiger partial charge in [0.05, 0.1) is 10.0 Å². The molecule has 0 spiro atoms. The second-order valence-corrected chi connectivity index (χ2v) is 5.45. The topological polar surface area (TPSA) is 52.6 Å². The molecule has 0 amide bonds. The lowest BCUT2D eigenvalue weighted by Gasteiger charge is -2.16. The Bertz CT molecular complexity index is 561. The summed E-state index contributed by atoms with van der Waals surface area (Å²) in [5, 5.41) is 0.481. The molecule has 114 valence electrons. The quantitative estimate of drug-likeness (QED) is 0.447. The standard InChI is InChI=1S/C14H13Cl3O4/c1-4-11(20-13(18)7(2)3)14(19)21-12-9(16)5-8(15)6-10(12)17/h5-6,11H,2,4H2,1,3H3. The largest absolute Gasteiger partial charge is 0.447 e. The number of hydrogen-bond donors (Lipinski definition) is 0. The van der Waals surface area contributed by atoms with Gasteiger partial charge < -0.3 is 9.47 Å². The van der Waals surface area contributed by atoms with E-state index in [4.69, 9.17) is 44.3 Å². The van der Waals surface area contributed by atoms with Crippen LogP contribution < -0.4 is 4.74 Å². The van der Waals surface area contributed by atoms with Gasteiger partial charge in [-0.2, -0.15) is 0 Å². The van der Waals surface area contributed by atoms with Gasteiger partial charge in [-0.3, -0.25) is 0 Å². The summed E-state index contributed by atoms with van der Waals surface area (Å²) >= 11 is 17.6. The van der Waals surface area contributed by atoms with Crippen LogP contribution in [0.2, 0.25) is 15.1 Å². The van der Waals surface area contributed by atoms with E-state index in [1.54, 1.807) is 6.92 Å². The van der Waals surface area contributed by atoms with E-state index in [0.717, 1.165) is 0 Å². The number of rotatable bonds is 5. The number of esters is 2. The zero-order valence-electron chi connectivity index (χ0n) is 11.4. The van der Waals surface area contributed by atoms with E-state index in [1.165, 1.54) is 19.1 Å². The molecule has 1 aromatic rings. The molecule has 0 aromatic heterocycles. The smallest absolute Gasteiger partial charge is 0.352 e. The summed E-state index contributed by atoms with van der Waals surface area (Å²) in [6.07, 6.45) is -0.835. The van der Waals surface area contributed by atoms with E-state index in [-0.39, 0.29) is 27.8 Å². The fraction of sp³-hybridized carbons (Fsp3) is 0.286. The fourth-order valence-electron chi connectivity index (χ4n) is 1.32. The molecule has 0 aliphatic carbocycles. The maximum Gasteiger partial charge on any atom is 0.352 e. The molecule has 1 unspecified atom stereocenters. The van der Waals surface area contributed by atoms with Crippen LogP contribution in [0.5, 0.6) is 5.75 Å². The van der Waals surface area contributed by atoms with Crippen LogP contribution in [0.4, 0.5) is 0 Å². The summed E-state index contributed by atoms with van der Waals surface area (Å²) in [6, 6.07) is 2.77. The van der Waals surface area contributed by atoms with Crippen molar-refractivity contribution in [1.29, 1.82) is 0 Å². The van der Waals surface area contributed by atoms with Crippen molar-refractivity contribution in [1.82, 2.24) is 0 Å². The maximum absolute atomic E-state index is 12.0. The van der Waals surface area contributed by atoms with Crippen molar-refractivity contribution in [2.24, 2.45) is 0 Å². The van der Waals surface area contributed by atoms with E-state index in [0.29, 0.717) is 5.02 Å². The first kappa shape index (κ1) is 17.8. The third kappa shape index (κ3) is 4.92. The number of benzene rings is 1. The lowest BCUT2D eigenvalue weighted by molar-refractivity contribution is -0.159. The minimum absolute atomic E-state index is 0.0300. The third-order valence-electron chi connectivity index (χ3n) is 2.40. The highest BCUT2D eigenvalue weighted by Gasteiger charge is 2.25. The van der Waals surface area contributed by atoms with Crippen LogP contribution in [0.25, 0.3) is 0 Å². The van der Waals surface area contributed by atoms with Crippen molar-refractivity contribution in [3.63, 3.8) is 0 Å². The Morgan fingerprint density at radius 1 is 1.24 bits per heavy atom. The Balaban J connectivity index is 2.89. The first-order chi connectivity index (χ1) is 9.76. The van der Waals surface area contributed by atoms with Crippen LogP contribution in [-0.4, -0.2) is 18.0 Å². The molecule has 0 radical (unpaired) electrons. The van der Waals surface area contributed by atoms with E-state index in [2.05, 4.69) is 6.58 Å². The van der Waals surface area contributed by atoms with Gasteiger partial charge in [0.2, 0.25) is 0 Å². The van der Waals surface area contributed by atoms with Gasteiger partial charge in [-0.1, -0.05) is 48.3 Å². The Morgan fingerprint density at radius 2 is 1.76 bits per heavy atom. The molecule has 0 fully saturated rings. The number of carbonyl (C=O) groups is 2. The molecule has 21 heavy (non-hydrogen) atoms. The molecule has 1 aromatic carbocycles. The first-order valence-electron chi connectivity index (χ1n) is 5.99. The Morgan fingerprint density at radius 3 is 2.19 bits per heavy atom. The highest BCUT2D eigenvalue weighted by atomic mass is 35.5. The van der Waals surface area contributed by atoms with Crippen molar-refractivity contribution < 1.29 is 19.1 Å². The molecule has 0 saturated heterocycles. The summed E-state index contributed by atoms with van der Waals surface area (Å²) in [4.78, 5) is 23.5. The molecule has 0 aliphatic rings. The Hall–Kier alpha value is -1.23. The molecule has 7 heteroatoms. The highest BCUT2D eigenvalue weighted by Crippen LogP contribution is 2.36. The van der Waals surface area contributed by atoms with Crippen LogP contribution in [0, 0.1) is 0 Å². The van der Waals surface area contributed by atoms with Gasteiger partial charge >= 0.3 is 11.9 Å². The SMILES string of the molecule is C=C(C)C(=O)OC(CC)C(=O)Oc1c(Cl)cc(Cl)cc1Cl. The van der Waals surface area contributed by atoms with Crippen LogP contribution in [0.3, 0.4) is 0 Å². The monoisotopic (exact) mass is 350 g/mol. The minimum Gasteiger partial charge on any atom is -0.447 e. The van der Waals surface area contributed by atoms with Gasteiger partial charge in [-0.15, -0.1) is 0 Å². The number of hydrogen-bond acceptors (Lipinski definition) is 4. The average molecular weight is 352 g/mol. The van der Waals surface area contributed by atoms with E-state index in [1.807, 2.05) is 0 Å². The van der Waals surface area contributed by atoms with Crippen LogP contribution in [-0.2, 0) is 14.3 Å². The van der Waals surface area contributed by atoms with Crippen molar-refractivity contribution in [2.45, 2.75) is 26.4 Å². The molecule has 0 bridgehead atoms. The molecule has 1 rings (SSSR count). The summed E-state index contributed by atoms with van der Waals surface area (Å²) in [7, 11) is 0. The summed E-state index contributed by atoms with van der Waals surface area (Å²) in [6.45, 7) is 6.59. The second kappa shape index (κ2) is 7.69. The zero-order chi connectivity index (χ0) is 16.2. The molecule has 0 aliphatic heterocycles. The third-order valence-corrected chi connectivity index (χ3v) is 3.18. The maximum atomic E-state index is 12.0. The number of ether oxygens (including phenoxy) is 2. The van der Waals surface area contributed by atoms with Gasteiger partial charge in [0.25, 0.3) is 0 Å². The minimum atomic E-state index is -1.07. The molecule has 1 atom stereocenters. The molecule has 0 saturated carbocycles. The van der Waals surface area contributed by atoms with Crippen LogP contribution >= 0.6 is 34.8 Å². The Labute approximate surface area is 137 Å². The predicted molar refractivity (Wildman–Crippen MR) is 82.1 cm³/mol. The van der Waals surface area contributed by atoms with Gasteiger partial charge in [0, 0.05) is 10.6 Å². The molecular weight excluding hydrogens is 339 g/mol. The highest BCUT2D eigenvalue weighted by molar-refractivity contribution is 6.40. The Kier molecular flexibility index (Phi) is 6.52. The van der Waals surface area contributed by atoms with E-state index in [9.17, 15) is 9.59 Å². The van der Waals surface area contributed by atoms with Crippen molar-refractivity contribution in [3.05, 3.63) is 39.4 Å². The average Bonchev–Trinajstić information content (AvgIpc) is 2.39. The van der Waals surface area contributed by atoms with Crippen LogP contribution in [0.15, 0.2) is 24.3 Å². The zero-order valence-corrected chi connectivity index (χ0v) is 13.7. The van der Waals surface area contributed by atoms with Crippen LogP contribution in [0.1, 0.15) is 20.3 Å². The number of carbonyl (C=O) groups excluding carboxylic acids is 2. The van der Waals surface area contributed by atoms with Gasteiger partial charge in [-0.05, 0) is 25.5 Å². The molecule has 4 nitrogen and oxygen atoms in total. The predicted octanol–water partition coefficient (Wildman–Crippen LogP) is 4.45. The number of halogens is 3. The van der Waals surface area contributed by atoms with E-state index < -0.39 is 18.0 Å². The normalized spacial score (nSPS) is 11.7. The summed E-state index contributed by atoms with van der Waals surface area (Å²) < 4.78 is 10.1. The summed E-state index contributed by atoms with van der Waals surface area (Å²) in [5.74, 6) is -1.48. The van der Waals surface area contributed by atoms with Crippen molar-refractivity contribution in [2.75, 3.05) is 0 Å². The lowest BCUT2D eigenvalue weighted by atomic mass is 10.2. The van der Waals surface area contributed by atoms with Gasteiger partial charge in [0.1, 0.15) is 0 Å². The second-order valence-electron chi connectivity index (χ2n) is 4.20. The first-order valence-corrected chi connectivity index (χ1v) is 7.12.